The second-order valence-electron chi connectivity index (χ2n) is 5.64. The molecule has 1 heterocycles. The molecule has 0 spiro atoms. The lowest BCUT2D eigenvalue weighted by molar-refractivity contribution is 0.172. The van der Waals surface area contributed by atoms with Gasteiger partial charge in [0.2, 0.25) is 0 Å². The number of nitrogen functional groups attached to an aromatic ring is 1. The van der Waals surface area contributed by atoms with Gasteiger partial charge in [-0.3, -0.25) is 0 Å². The van der Waals surface area contributed by atoms with E-state index in [1.165, 1.54) is 0 Å². The number of fused-ring (bicyclic) bond motifs is 1. The number of hydrogen-bond acceptors (Lipinski definition) is 4. The van der Waals surface area contributed by atoms with Crippen LogP contribution in [-0.4, -0.2) is 26.3 Å². The lowest BCUT2D eigenvalue weighted by atomic mass is 10.0. The molecule has 2 N–H and O–H groups in total. The van der Waals surface area contributed by atoms with E-state index >= 15 is 0 Å². The van der Waals surface area contributed by atoms with E-state index < -0.39 is 0 Å². The van der Waals surface area contributed by atoms with Crippen molar-refractivity contribution in [2.45, 2.75) is 33.2 Å². The molecular weight excluding hydrogens is 240 g/mol. The summed E-state index contributed by atoms with van der Waals surface area (Å²) in [5.74, 6) is 2.20. The van der Waals surface area contributed by atoms with Crippen molar-refractivity contribution in [3.63, 3.8) is 0 Å². The Morgan fingerprint density at radius 2 is 1.74 bits per heavy atom. The molecule has 2 rings (SSSR count). The van der Waals surface area contributed by atoms with Gasteiger partial charge in [0.05, 0.1) is 11.4 Å². The normalized spacial score (nSPS) is 15.4. The van der Waals surface area contributed by atoms with Crippen molar-refractivity contribution in [1.29, 1.82) is 0 Å². The molecule has 19 heavy (non-hydrogen) atoms. The van der Waals surface area contributed by atoms with Crippen molar-refractivity contribution < 1.29 is 9.47 Å². The van der Waals surface area contributed by atoms with E-state index in [2.05, 4.69) is 32.7 Å². The fourth-order valence-corrected chi connectivity index (χ4v) is 2.48. The number of nitrogens with zero attached hydrogens (tertiary/aromatic N) is 1. The van der Waals surface area contributed by atoms with Gasteiger partial charge in [0.25, 0.3) is 0 Å². The van der Waals surface area contributed by atoms with Crippen LogP contribution in [0.15, 0.2) is 12.1 Å². The molecule has 0 fully saturated rings. The van der Waals surface area contributed by atoms with Crippen molar-refractivity contribution in [2.24, 2.45) is 5.92 Å². The van der Waals surface area contributed by atoms with Gasteiger partial charge in [0, 0.05) is 25.2 Å². The van der Waals surface area contributed by atoms with Crippen LogP contribution < -0.4 is 20.1 Å². The molecule has 4 nitrogen and oxygen atoms in total. The Kier molecular flexibility index (Phi) is 4.08. The van der Waals surface area contributed by atoms with Crippen LogP contribution in [-0.2, 0) is 0 Å². The van der Waals surface area contributed by atoms with Crippen LogP contribution in [0.2, 0.25) is 0 Å². The van der Waals surface area contributed by atoms with Gasteiger partial charge in [-0.15, -0.1) is 0 Å². The van der Waals surface area contributed by atoms with Gasteiger partial charge in [0.1, 0.15) is 13.2 Å². The Labute approximate surface area is 115 Å². The molecule has 0 aromatic heterocycles. The maximum absolute atomic E-state index is 6.14. The minimum Gasteiger partial charge on any atom is -0.486 e. The predicted molar refractivity (Wildman–Crippen MR) is 79.2 cm³/mol. The molecule has 1 atom stereocenters. The van der Waals surface area contributed by atoms with Crippen LogP contribution in [0.4, 0.5) is 11.4 Å². The zero-order chi connectivity index (χ0) is 14.0. The van der Waals surface area contributed by atoms with Crippen LogP contribution in [0.25, 0.3) is 0 Å². The second kappa shape index (κ2) is 5.59. The first-order valence-corrected chi connectivity index (χ1v) is 6.91. The molecule has 0 saturated heterocycles. The molecule has 1 aromatic rings. The van der Waals surface area contributed by atoms with Gasteiger partial charge >= 0.3 is 0 Å². The zero-order valence-corrected chi connectivity index (χ0v) is 12.3. The monoisotopic (exact) mass is 264 g/mol. The average Bonchev–Trinajstić information content (AvgIpc) is 2.36. The highest BCUT2D eigenvalue weighted by Gasteiger charge is 2.19. The summed E-state index contributed by atoms with van der Waals surface area (Å²) in [5.41, 5.74) is 7.89. The highest BCUT2D eigenvalue weighted by atomic mass is 16.6. The molecule has 0 aliphatic carbocycles. The summed E-state index contributed by atoms with van der Waals surface area (Å²) in [6, 6.07) is 4.29. The smallest absolute Gasteiger partial charge is 0.163 e. The number of ether oxygens (including phenoxy) is 2. The molecular formula is C15H24N2O2. The standard InChI is InChI=1S/C15H24N2O2/c1-10(2)7-11(3)17(4)13-9-15-14(8-12(13)16)18-5-6-19-15/h8-11H,5-7,16H2,1-4H3. The number of rotatable bonds is 4. The van der Waals surface area contributed by atoms with E-state index in [-0.39, 0.29) is 0 Å². The number of anilines is 2. The summed E-state index contributed by atoms with van der Waals surface area (Å²) in [7, 11) is 2.08. The lowest BCUT2D eigenvalue weighted by Crippen LogP contribution is -2.31. The van der Waals surface area contributed by atoms with Crippen molar-refractivity contribution >= 4 is 11.4 Å². The average molecular weight is 264 g/mol. The van der Waals surface area contributed by atoms with Crippen molar-refractivity contribution in [1.82, 2.24) is 0 Å². The van der Waals surface area contributed by atoms with E-state index in [9.17, 15) is 0 Å². The van der Waals surface area contributed by atoms with Crippen LogP contribution in [0.1, 0.15) is 27.2 Å². The van der Waals surface area contributed by atoms with E-state index in [4.69, 9.17) is 15.2 Å². The van der Waals surface area contributed by atoms with E-state index in [1.54, 1.807) is 0 Å². The van der Waals surface area contributed by atoms with Gasteiger partial charge in [0.15, 0.2) is 11.5 Å². The Morgan fingerprint density at radius 1 is 1.16 bits per heavy atom. The quantitative estimate of drug-likeness (QED) is 0.849. The van der Waals surface area contributed by atoms with Gasteiger partial charge in [-0.1, -0.05) is 13.8 Å². The Hall–Kier alpha value is -1.58. The van der Waals surface area contributed by atoms with Gasteiger partial charge in [-0.25, -0.2) is 0 Å². The minimum absolute atomic E-state index is 0.435. The van der Waals surface area contributed by atoms with Crippen LogP contribution in [0.3, 0.4) is 0 Å². The number of hydrogen-bond donors (Lipinski definition) is 1. The molecule has 1 aliphatic rings. The zero-order valence-electron chi connectivity index (χ0n) is 12.3. The molecule has 1 unspecified atom stereocenters. The second-order valence-corrected chi connectivity index (χ2v) is 5.64. The Balaban J connectivity index is 2.24. The summed E-state index contributed by atoms with van der Waals surface area (Å²) in [6.07, 6.45) is 1.13. The molecule has 0 saturated carbocycles. The maximum Gasteiger partial charge on any atom is 0.163 e. The predicted octanol–water partition coefficient (Wildman–Crippen LogP) is 2.91. The topological polar surface area (TPSA) is 47.7 Å². The fourth-order valence-electron chi connectivity index (χ4n) is 2.48. The maximum atomic E-state index is 6.14. The SMILES string of the molecule is CC(C)CC(C)N(C)c1cc2c(cc1N)OCCO2. The first kappa shape index (κ1) is 13.8. The van der Waals surface area contributed by atoms with Crippen molar-refractivity contribution in [3.05, 3.63) is 12.1 Å². The molecule has 0 amide bonds. The summed E-state index contributed by atoms with van der Waals surface area (Å²) in [4.78, 5) is 2.22. The molecule has 1 aromatic carbocycles. The first-order valence-electron chi connectivity index (χ1n) is 6.91. The third-order valence-corrected chi connectivity index (χ3v) is 3.55. The van der Waals surface area contributed by atoms with Crippen molar-refractivity contribution in [3.8, 4) is 11.5 Å². The molecule has 1 aliphatic heterocycles. The molecule has 0 radical (unpaired) electrons. The first-order chi connectivity index (χ1) is 8.99. The minimum atomic E-state index is 0.435. The molecule has 0 bridgehead atoms. The molecule has 106 valence electrons. The Morgan fingerprint density at radius 3 is 2.32 bits per heavy atom. The number of benzene rings is 1. The third-order valence-electron chi connectivity index (χ3n) is 3.55. The van der Waals surface area contributed by atoms with Crippen LogP contribution in [0.5, 0.6) is 11.5 Å². The van der Waals surface area contributed by atoms with Crippen LogP contribution >= 0.6 is 0 Å². The van der Waals surface area contributed by atoms with E-state index in [0.717, 1.165) is 29.3 Å². The highest BCUT2D eigenvalue weighted by molar-refractivity contribution is 5.73. The summed E-state index contributed by atoms with van der Waals surface area (Å²) in [6.45, 7) is 7.87. The summed E-state index contributed by atoms with van der Waals surface area (Å²) >= 11 is 0. The van der Waals surface area contributed by atoms with Gasteiger partial charge in [-0.2, -0.15) is 0 Å². The number of nitrogens with two attached hydrogens (primary N) is 1. The van der Waals surface area contributed by atoms with Crippen molar-refractivity contribution in [2.75, 3.05) is 30.9 Å². The third kappa shape index (κ3) is 3.06. The van der Waals surface area contributed by atoms with E-state index in [0.29, 0.717) is 25.2 Å². The largest absolute Gasteiger partial charge is 0.486 e. The Bertz CT molecular complexity index is 446. The fraction of sp³-hybridized carbons (Fsp3) is 0.600. The molecule has 4 heteroatoms. The summed E-state index contributed by atoms with van der Waals surface area (Å²) in [5, 5.41) is 0. The van der Waals surface area contributed by atoms with Crippen LogP contribution in [0, 0.1) is 5.92 Å². The van der Waals surface area contributed by atoms with Gasteiger partial charge in [-0.05, 0) is 19.3 Å². The highest BCUT2D eigenvalue weighted by Crippen LogP contribution is 2.39. The lowest BCUT2D eigenvalue weighted by Gasteiger charge is -2.30. The summed E-state index contributed by atoms with van der Waals surface area (Å²) < 4.78 is 11.2. The van der Waals surface area contributed by atoms with E-state index in [1.807, 2.05) is 12.1 Å². The van der Waals surface area contributed by atoms with Gasteiger partial charge < -0.3 is 20.1 Å².